The highest BCUT2D eigenvalue weighted by molar-refractivity contribution is 6.30. The largest absolute Gasteiger partial charge is 0.467 e. The van der Waals surface area contributed by atoms with Crippen LogP contribution in [0.3, 0.4) is 0 Å². The average Bonchev–Trinajstić information content (AvgIpc) is 3.10. The zero-order valence-electron chi connectivity index (χ0n) is 16.3. The number of benzene rings is 2. The Labute approximate surface area is 174 Å². The van der Waals surface area contributed by atoms with E-state index in [0.717, 1.165) is 16.8 Å². The van der Waals surface area contributed by atoms with Crippen molar-refractivity contribution in [3.05, 3.63) is 77.2 Å². The molecule has 29 heavy (non-hydrogen) atoms. The molecule has 0 saturated heterocycles. The van der Waals surface area contributed by atoms with E-state index in [-0.39, 0.29) is 12.3 Å². The summed E-state index contributed by atoms with van der Waals surface area (Å²) in [6.45, 7) is 1.98. The Morgan fingerprint density at radius 3 is 2.45 bits per heavy atom. The van der Waals surface area contributed by atoms with E-state index in [0.29, 0.717) is 17.3 Å². The molecule has 1 heterocycles. The van der Waals surface area contributed by atoms with Crippen molar-refractivity contribution in [1.29, 1.82) is 0 Å². The van der Waals surface area contributed by atoms with Gasteiger partial charge in [0.2, 0.25) is 5.91 Å². The second kappa shape index (κ2) is 9.39. The van der Waals surface area contributed by atoms with Gasteiger partial charge < -0.3 is 14.6 Å². The van der Waals surface area contributed by atoms with E-state index in [1.165, 1.54) is 14.0 Å². The number of imidazole rings is 1. The summed E-state index contributed by atoms with van der Waals surface area (Å²) in [7, 11) is 1.30. The number of carbonyl (C=O) groups excluding carboxylic acids is 2. The maximum atomic E-state index is 12.2. The Hall–Kier alpha value is -3.12. The smallest absolute Gasteiger partial charge is 0.328 e. The van der Waals surface area contributed by atoms with Crippen molar-refractivity contribution in [2.45, 2.75) is 25.9 Å². The van der Waals surface area contributed by atoms with Crippen LogP contribution in [0.15, 0.2) is 60.9 Å². The van der Waals surface area contributed by atoms with E-state index < -0.39 is 12.0 Å². The molecule has 0 spiro atoms. The van der Waals surface area contributed by atoms with Crippen LogP contribution in [0.4, 0.5) is 0 Å². The molecule has 0 saturated carbocycles. The van der Waals surface area contributed by atoms with Gasteiger partial charge in [-0.05, 0) is 17.7 Å². The van der Waals surface area contributed by atoms with Crippen LogP contribution < -0.4 is 5.32 Å². The molecule has 0 radical (unpaired) electrons. The van der Waals surface area contributed by atoms with Gasteiger partial charge in [0.25, 0.3) is 0 Å². The van der Waals surface area contributed by atoms with E-state index in [1.807, 2.05) is 59.2 Å². The molecule has 7 heteroatoms. The minimum Gasteiger partial charge on any atom is -0.467 e. The van der Waals surface area contributed by atoms with Crippen LogP contribution in [-0.2, 0) is 27.3 Å². The molecule has 0 aliphatic heterocycles. The Balaban J connectivity index is 2.00. The third-order valence-electron chi connectivity index (χ3n) is 4.49. The molecular formula is C22H22ClN3O3. The number of rotatable bonds is 7. The Morgan fingerprint density at radius 1 is 1.14 bits per heavy atom. The first kappa shape index (κ1) is 20.6. The third-order valence-corrected chi connectivity index (χ3v) is 4.74. The van der Waals surface area contributed by atoms with E-state index >= 15 is 0 Å². The summed E-state index contributed by atoms with van der Waals surface area (Å²) < 4.78 is 6.87. The first-order valence-electron chi connectivity index (χ1n) is 9.16. The fourth-order valence-electron chi connectivity index (χ4n) is 3.19. The summed E-state index contributed by atoms with van der Waals surface area (Å²) >= 11 is 6.05. The topological polar surface area (TPSA) is 73.2 Å². The summed E-state index contributed by atoms with van der Waals surface area (Å²) in [5, 5.41) is 3.28. The van der Waals surface area contributed by atoms with Crippen molar-refractivity contribution in [1.82, 2.24) is 14.9 Å². The number of hydrogen-bond donors (Lipinski definition) is 1. The molecule has 2 aromatic carbocycles. The molecule has 1 aromatic heterocycles. The maximum absolute atomic E-state index is 12.2. The molecule has 0 bridgehead atoms. The second-order valence-corrected chi connectivity index (χ2v) is 7.08. The number of hydrogen-bond acceptors (Lipinski definition) is 4. The Kier molecular flexibility index (Phi) is 6.67. The molecule has 0 aliphatic rings. The van der Waals surface area contributed by atoms with Crippen LogP contribution in [0.5, 0.6) is 0 Å². The monoisotopic (exact) mass is 411 g/mol. The highest BCUT2D eigenvalue weighted by Crippen LogP contribution is 2.27. The van der Waals surface area contributed by atoms with Gasteiger partial charge in [0, 0.05) is 30.5 Å². The van der Waals surface area contributed by atoms with Crippen molar-refractivity contribution < 1.29 is 14.3 Å². The van der Waals surface area contributed by atoms with Crippen molar-refractivity contribution in [3.8, 4) is 11.3 Å². The van der Waals surface area contributed by atoms with Gasteiger partial charge in [0.1, 0.15) is 6.04 Å². The molecule has 0 aliphatic carbocycles. The predicted molar refractivity (Wildman–Crippen MR) is 112 cm³/mol. The number of halogens is 1. The number of ether oxygens (including phenoxy) is 1. The van der Waals surface area contributed by atoms with Crippen LogP contribution in [0.1, 0.15) is 18.2 Å². The van der Waals surface area contributed by atoms with Gasteiger partial charge in [-0.3, -0.25) is 4.79 Å². The summed E-state index contributed by atoms with van der Waals surface area (Å²) in [4.78, 5) is 28.2. The number of nitrogens with one attached hydrogen (secondary N) is 1. The quantitative estimate of drug-likeness (QED) is 0.604. The molecule has 1 N–H and O–H groups in total. The molecule has 3 aromatic rings. The molecule has 150 valence electrons. The van der Waals surface area contributed by atoms with Gasteiger partial charge in [0.15, 0.2) is 0 Å². The normalized spacial score (nSPS) is 11.7. The van der Waals surface area contributed by atoms with E-state index in [9.17, 15) is 9.59 Å². The zero-order valence-corrected chi connectivity index (χ0v) is 17.0. The number of carbonyl (C=O) groups is 2. The van der Waals surface area contributed by atoms with Crippen LogP contribution >= 0.6 is 11.6 Å². The van der Waals surface area contributed by atoms with Crippen LogP contribution in [0.25, 0.3) is 11.3 Å². The molecule has 1 atom stereocenters. The summed E-state index contributed by atoms with van der Waals surface area (Å²) in [6.07, 6.45) is 1.96. The number of nitrogens with zero attached hydrogens (tertiary/aromatic N) is 2. The summed E-state index contributed by atoms with van der Waals surface area (Å²) in [6, 6.07) is 16.7. The lowest BCUT2D eigenvalue weighted by molar-refractivity contribution is -0.144. The van der Waals surface area contributed by atoms with Crippen molar-refractivity contribution in [2.24, 2.45) is 0 Å². The predicted octanol–water partition coefficient (Wildman–Crippen LogP) is 3.47. The number of aromatic nitrogens is 2. The SMILES string of the molecule is COC(=O)[C@H](Cc1ncn(Cc2ccccc2)c1-c1ccc(Cl)cc1)NC(C)=O. The van der Waals surface area contributed by atoms with E-state index in [2.05, 4.69) is 10.3 Å². The van der Waals surface area contributed by atoms with Gasteiger partial charge in [-0.25, -0.2) is 9.78 Å². The van der Waals surface area contributed by atoms with E-state index in [1.54, 1.807) is 6.33 Å². The Morgan fingerprint density at radius 2 is 1.83 bits per heavy atom. The molecular weight excluding hydrogens is 390 g/mol. The molecule has 3 rings (SSSR count). The lowest BCUT2D eigenvalue weighted by atomic mass is 10.0. The van der Waals surface area contributed by atoms with Gasteiger partial charge in [0.05, 0.1) is 24.8 Å². The number of esters is 1. The van der Waals surface area contributed by atoms with Crippen molar-refractivity contribution >= 4 is 23.5 Å². The van der Waals surface area contributed by atoms with Gasteiger partial charge >= 0.3 is 5.97 Å². The lowest BCUT2D eigenvalue weighted by Gasteiger charge is -2.16. The van der Waals surface area contributed by atoms with Crippen molar-refractivity contribution in [2.75, 3.05) is 7.11 Å². The standard InChI is InChI=1S/C22H22ClN3O3/c1-15(27)25-20(22(28)29-2)12-19-21(17-8-10-18(23)11-9-17)26(14-24-19)13-16-6-4-3-5-7-16/h3-11,14,20H,12-13H2,1-2H3,(H,25,27)/t20-/m0/s1. The first-order valence-corrected chi connectivity index (χ1v) is 9.54. The maximum Gasteiger partial charge on any atom is 0.328 e. The fraction of sp³-hybridized carbons (Fsp3) is 0.227. The lowest BCUT2D eigenvalue weighted by Crippen LogP contribution is -2.42. The first-order chi connectivity index (χ1) is 14.0. The number of methoxy groups -OCH3 is 1. The van der Waals surface area contributed by atoms with Crippen LogP contribution in [0, 0.1) is 0 Å². The average molecular weight is 412 g/mol. The third kappa shape index (κ3) is 5.23. The van der Waals surface area contributed by atoms with Crippen LogP contribution in [-0.4, -0.2) is 34.6 Å². The fourth-order valence-corrected chi connectivity index (χ4v) is 3.31. The number of amides is 1. The molecule has 6 nitrogen and oxygen atoms in total. The highest BCUT2D eigenvalue weighted by atomic mass is 35.5. The second-order valence-electron chi connectivity index (χ2n) is 6.64. The summed E-state index contributed by atoms with van der Waals surface area (Å²) in [5.41, 5.74) is 3.60. The molecule has 0 unspecified atom stereocenters. The highest BCUT2D eigenvalue weighted by Gasteiger charge is 2.24. The van der Waals surface area contributed by atoms with Gasteiger partial charge in [-0.15, -0.1) is 0 Å². The molecule has 0 fully saturated rings. The minimum atomic E-state index is -0.816. The van der Waals surface area contributed by atoms with E-state index in [4.69, 9.17) is 16.3 Å². The van der Waals surface area contributed by atoms with Gasteiger partial charge in [-0.1, -0.05) is 54.1 Å². The van der Waals surface area contributed by atoms with Crippen molar-refractivity contribution in [3.63, 3.8) is 0 Å². The Bertz CT molecular complexity index is 984. The zero-order chi connectivity index (χ0) is 20.8. The minimum absolute atomic E-state index is 0.214. The van der Waals surface area contributed by atoms with Crippen LogP contribution in [0.2, 0.25) is 5.02 Å². The molecule has 1 amide bonds. The van der Waals surface area contributed by atoms with Gasteiger partial charge in [-0.2, -0.15) is 0 Å². The summed E-state index contributed by atoms with van der Waals surface area (Å²) in [5.74, 6) is -0.822.